The van der Waals surface area contributed by atoms with Gasteiger partial charge in [0.05, 0.1) is 0 Å². The van der Waals surface area contributed by atoms with Crippen LogP contribution < -0.4 is 4.90 Å². The molecule has 0 saturated carbocycles. The van der Waals surface area contributed by atoms with E-state index in [1.54, 1.807) is 7.11 Å². The minimum atomic E-state index is 0.0255. The minimum absolute atomic E-state index is 0.0255. The van der Waals surface area contributed by atoms with Crippen molar-refractivity contribution in [1.82, 2.24) is 4.90 Å². The van der Waals surface area contributed by atoms with Gasteiger partial charge < -0.3 is 9.64 Å². The molecule has 0 unspecified atom stereocenters. The van der Waals surface area contributed by atoms with Gasteiger partial charge in [0.2, 0.25) is 0 Å². The van der Waals surface area contributed by atoms with Gasteiger partial charge in [-0.2, -0.15) is 0 Å². The zero-order chi connectivity index (χ0) is 19.2. The lowest BCUT2D eigenvalue weighted by Gasteiger charge is -2.38. The molecule has 1 aliphatic heterocycles. The van der Waals surface area contributed by atoms with Crippen LogP contribution in [0.2, 0.25) is 5.02 Å². The molecule has 1 saturated heterocycles. The molecule has 2 aromatic carbocycles. The van der Waals surface area contributed by atoms with Gasteiger partial charge in [-0.25, -0.2) is 0 Å². The highest BCUT2D eigenvalue weighted by Crippen LogP contribution is 2.25. The first-order valence-electron chi connectivity index (χ1n) is 9.41. The fourth-order valence-corrected chi connectivity index (χ4v) is 3.77. The van der Waals surface area contributed by atoms with Crippen LogP contribution in [0.4, 0.5) is 5.69 Å². The average molecular weight is 387 g/mol. The smallest absolute Gasteiger partial charge is 0.253 e. The molecule has 1 aliphatic rings. The summed E-state index contributed by atoms with van der Waals surface area (Å²) in [5.74, 6) is 0.0255. The van der Waals surface area contributed by atoms with Gasteiger partial charge in [-0.15, -0.1) is 0 Å². The first kappa shape index (κ1) is 19.9. The summed E-state index contributed by atoms with van der Waals surface area (Å²) in [5, 5.41) is 0.767. The predicted octanol–water partition coefficient (Wildman–Crippen LogP) is 4.29. The number of likely N-dealkylation sites (tertiary alicyclic amines) is 1. The van der Waals surface area contributed by atoms with Crippen LogP contribution in [-0.4, -0.2) is 43.7 Å². The van der Waals surface area contributed by atoms with Gasteiger partial charge in [0.15, 0.2) is 0 Å². The van der Waals surface area contributed by atoms with Crippen molar-refractivity contribution in [2.24, 2.45) is 0 Å². The molecule has 0 aromatic heterocycles. The average Bonchev–Trinajstić information content (AvgIpc) is 2.67. The van der Waals surface area contributed by atoms with Crippen molar-refractivity contribution in [1.29, 1.82) is 0 Å². The number of hydrogen-bond donors (Lipinski definition) is 0. The van der Waals surface area contributed by atoms with Crippen LogP contribution >= 0.6 is 11.6 Å². The molecular weight excluding hydrogens is 360 g/mol. The van der Waals surface area contributed by atoms with E-state index >= 15 is 0 Å². The Bertz CT molecular complexity index is 738. The summed E-state index contributed by atoms with van der Waals surface area (Å²) >= 11 is 5.97. The Kier molecular flexibility index (Phi) is 6.89. The number of benzene rings is 2. The lowest BCUT2D eigenvalue weighted by atomic mass is 10.0. The van der Waals surface area contributed by atoms with Crippen LogP contribution in [0.3, 0.4) is 0 Å². The van der Waals surface area contributed by atoms with E-state index in [0.717, 1.165) is 43.2 Å². The Balaban J connectivity index is 1.65. The lowest BCUT2D eigenvalue weighted by Crippen LogP contribution is -2.48. The first-order chi connectivity index (χ1) is 13.1. The predicted molar refractivity (Wildman–Crippen MR) is 110 cm³/mol. The maximum absolute atomic E-state index is 12.7. The largest absolute Gasteiger partial charge is 0.375 e. The molecular formula is C22H27ClN2O2. The van der Waals surface area contributed by atoms with Crippen LogP contribution in [0.5, 0.6) is 0 Å². The standard InChI is InChI=1S/C22H27ClN2O2/c1-17-3-9-20(10-4-17)25(22(26)16-27-2)21-11-13-24(14-12-21)15-18-5-7-19(23)8-6-18/h3-10,21H,11-16H2,1-2H3. The summed E-state index contributed by atoms with van der Waals surface area (Å²) < 4.78 is 5.12. The van der Waals surface area contributed by atoms with Gasteiger partial charge in [-0.1, -0.05) is 41.4 Å². The number of hydrogen-bond acceptors (Lipinski definition) is 3. The van der Waals surface area contributed by atoms with Crippen molar-refractivity contribution in [2.75, 3.05) is 31.7 Å². The lowest BCUT2D eigenvalue weighted by molar-refractivity contribution is -0.122. The van der Waals surface area contributed by atoms with Crippen LogP contribution in [0, 0.1) is 6.92 Å². The highest BCUT2D eigenvalue weighted by Gasteiger charge is 2.29. The molecule has 4 nitrogen and oxygen atoms in total. The topological polar surface area (TPSA) is 32.8 Å². The van der Waals surface area contributed by atoms with Crippen LogP contribution in [0.1, 0.15) is 24.0 Å². The first-order valence-corrected chi connectivity index (χ1v) is 9.79. The monoisotopic (exact) mass is 386 g/mol. The van der Waals surface area contributed by atoms with E-state index < -0.39 is 0 Å². The summed E-state index contributed by atoms with van der Waals surface area (Å²) in [6.45, 7) is 5.02. The number of nitrogens with zero attached hydrogens (tertiary/aromatic N) is 2. The third-order valence-corrected chi connectivity index (χ3v) is 5.34. The number of carbonyl (C=O) groups excluding carboxylic acids is 1. The Labute approximate surface area is 166 Å². The van der Waals surface area contributed by atoms with E-state index in [1.165, 1.54) is 11.1 Å². The van der Waals surface area contributed by atoms with E-state index in [0.29, 0.717) is 0 Å². The van der Waals surface area contributed by atoms with E-state index in [4.69, 9.17) is 16.3 Å². The number of piperidine rings is 1. The molecule has 3 rings (SSSR count). The van der Waals surface area contributed by atoms with Gasteiger partial charge in [0, 0.05) is 43.5 Å². The van der Waals surface area contributed by atoms with Crippen molar-refractivity contribution in [3.63, 3.8) is 0 Å². The van der Waals surface area contributed by atoms with Gasteiger partial charge in [-0.05, 0) is 49.6 Å². The number of carbonyl (C=O) groups is 1. The number of halogens is 1. The summed E-state index contributed by atoms with van der Waals surface area (Å²) in [6.07, 6.45) is 1.91. The van der Waals surface area contributed by atoms with Crippen molar-refractivity contribution in [3.05, 3.63) is 64.7 Å². The van der Waals surface area contributed by atoms with Gasteiger partial charge in [0.1, 0.15) is 6.61 Å². The molecule has 0 bridgehead atoms. The number of amides is 1. The molecule has 0 atom stereocenters. The SMILES string of the molecule is COCC(=O)N(c1ccc(C)cc1)C1CCN(Cc2ccc(Cl)cc2)CC1. The number of rotatable bonds is 6. The number of ether oxygens (including phenoxy) is 1. The fourth-order valence-electron chi connectivity index (χ4n) is 3.64. The number of methoxy groups -OCH3 is 1. The second-order valence-electron chi connectivity index (χ2n) is 7.17. The summed E-state index contributed by atoms with van der Waals surface area (Å²) in [4.78, 5) is 17.1. The van der Waals surface area contributed by atoms with Gasteiger partial charge in [-0.3, -0.25) is 9.69 Å². The quantitative estimate of drug-likeness (QED) is 0.742. The number of anilines is 1. The van der Waals surface area contributed by atoms with E-state index in [2.05, 4.69) is 36.1 Å². The van der Waals surface area contributed by atoms with E-state index in [9.17, 15) is 4.79 Å². The third-order valence-electron chi connectivity index (χ3n) is 5.09. The molecule has 144 valence electrons. The Morgan fingerprint density at radius 1 is 1.11 bits per heavy atom. The fraction of sp³-hybridized carbons (Fsp3) is 0.409. The molecule has 0 aliphatic carbocycles. The van der Waals surface area contributed by atoms with Crippen molar-refractivity contribution < 1.29 is 9.53 Å². The third kappa shape index (κ3) is 5.32. The molecule has 1 fully saturated rings. The Hall–Kier alpha value is -1.88. The zero-order valence-electron chi connectivity index (χ0n) is 16.0. The second kappa shape index (κ2) is 9.36. The molecule has 27 heavy (non-hydrogen) atoms. The van der Waals surface area contributed by atoms with Gasteiger partial charge in [0.25, 0.3) is 5.91 Å². The maximum atomic E-state index is 12.7. The van der Waals surface area contributed by atoms with Gasteiger partial charge >= 0.3 is 0 Å². The van der Waals surface area contributed by atoms with Crippen LogP contribution in [0.25, 0.3) is 0 Å². The highest BCUT2D eigenvalue weighted by molar-refractivity contribution is 6.30. The zero-order valence-corrected chi connectivity index (χ0v) is 16.8. The Morgan fingerprint density at radius 3 is 2.33 bits per heavy atom. The molecule has 1 heterocycles. The molecule has 5 heteroatoms. The summed E-state index contributed by atoms with van der Waals surface area (Å²) in [6, 6.07) is 16.4. The molecule has 1 amide bonds. The normalized spacial score (nSPS) is 15.7. The summed E-state index contributed by atoms with van der Waals surface area (Å²) in [5.41, 5.74) is 3.41. The molecule has 2 aromatic rings. The van der Waals surface area contributed by atoms with Crippen LogP contribution in [-0.2, 0) is 16.1 Å². The molecule has 0 radical (unpaired) electrons. The second-order valence-corrected chi connectivity index (χ2v) is 7.60. The molecule has 0 N–H and O–H groups in total. The van der Waals surface area contributed by atoms with E-state index in [1.807, 2.05) is 29.2 Å². The summed E-state index contributed by atoms with van der Waals surface area (Å²) in [7, 11) is 1.57. The van der Waals surface area contributed by atoms with Crippen molar-refractivity contribution >= 4 is 23.2 Å². The van der Waals surface area contributed by atoms with Crippen molar-refractivity contribution in [3.8, 4) is 0 Å². The number of aryl methyl sites for hydroxylation is 1. The molecule has 0 spiro atoms. The van der Waals surface area contributed by atoms with Crippen molar-refractivity contribution in [2.45, 2.75) is 32.4 Å². The minimum Gasteiger partial charge on any atom is -0.375 e. The highest BCUT2D eigenvalue weighted by atomic mass is 35.5. The maximum Gasteiger partial charge on any atom is 0.253 e. The van der Waals surface area contributed by atoms with E-state index in [-0.39, 0.29) is 18.6 Å². The Morgan fingerprint density at radius 2 is 1.74 bits per heavy atom. The van der Waals surface area contributed by atoms with Crippen LogP contribution in [0.15, 0.2) is 48.5 Å².